The van der Waals surface area contributed by atoms with Gasteiger partial charge in [-0.25, -0.2) is 4.98 Å². The molecule has 0 saturated heterocycles. The van der Waals surface area contributed by atoms with Crippen LogP contribution < -0.4 is 10.6 Å². The number of aliphatic hydroxyl groups excluding tert-OH is 1. The lowest BCUT2D eigenvalue weighted by atomic mass is 10.2. The third-order valence-corrected chi connectivity index (χ3v) is 3.75. The molecule has 4 N–H and O–H groups in total. The summed E-state index contributed by atoms with van der Waals surface area (Å²) in [6, 6.07) is 3.09. The van der Waals surface area contributed by atoms with Crippen LogP contribution >= 0.6 is 0 Å². The Bertz CT molecular complexity index is 726. The van der Waals surface area contributed by atoms with E-state index >= 15 is 0 Å². The largest absolute Gasteiger partial charge is 0.507 e. The van der Waals surface area contributed by atoms with Crippen molar-refractivity contribution in [2.24, 2.45) is 7.05 Å². The molecule has 2 aromatic rings. The summed E-state index contributed by atoms with van der Waals surface area (Å²) < 4.78 is 1.73. The summed E-state index contributed by atoms with van der Waals surface area (Å²) in [7, 11) is 1.76. The zero-order valence-electron chi connectivity index (χ0n) is 13.6. The monoisotopic (exact) mass is 334 g/mol. The zero-order chi connectivity index (χ0) is 17.5. The van der Waals surface area contributed by atoms with Crippen LogP contribution in [-0.4, -0.2) is 58.2 Å². The van der Waals surface area contributed by atoms with Gasteiger partial charge in [0.15, 0.2) is 6.29 Å². The van der Waals surface area contributed by atoms with Gasteiger partial charge in [-0.3, -0.25) is 9.59 Å². The molecule has 0 spiro atoms. The summed E-state index contributed by atoms with van der Waals surface area (Å²) in [6.45, 7) is 1.66. The Balaban J connectivity index is 1.97. The molecule has 0 unspecified atom stereocenters. The second kappa shape index (κ2) is 8.42. The minimum absolute atomic E-state index is 0.0684. The number of benzene rings is 1. The predicted octanol–water partition coefficient (Wildman–Crippen LogP) is -0.278. The summed E-state index contributed by atoms with van der Waals surface area (Å²) in [4.78, 5) is 27.4. The van der Waals surface area contributed by atoms with E-state index in [0.29, 0.717) is 49.2 Å². The fraction of sp³-hybridized carbons (Fsp3) is 0.438. The molecule has 8 nitrogen and oxygen atoms in total. The van der Waals surface area contributed by atoms with E-state index in [1.807, 2.05) is 0 Å². The highest BCUT2D eigenvalue weighted by atomic mass is 16.3. The molecule has 0 atom stereocenters. The smallest absolute Gasteiger partial charge is 0.220 e. The maximum Gasteiger partial charge on any atom is 0.220 e. The molecule has 130 valence electrons. The normalized spacial score (nSPS) is 10.9. The fourth-order valence-electron chi connectivity index (χ4n) is 2.52. The predicted molar refractivity (Wildman–Crippen MR) is 89.1 cm³/mol. The van der Waals surface area contributed by atoms with Gasteiger partial charge in [0.25, 0.3) is 0 Å². The highest BCUT2D eigenvalue weighted by Crippen LogP contribution is 2.26. The first kappa shape index (κ1) is 17.9. The number of phenols is 1. The number of nitrogens with zero attached hydrogens (tertiary/aromatic N) is 2. The van der Waals surface area contributed by atoms with E-state index < -0.39 is 0 Å². The van der Waals surface area contributed by atoms with E-state index in [1.165, 1.54) is 6.07 Å². The van der Waals surface area contributed by atoms with Crippen molar-refractivity contribution in [2.75, 3.05) is 26.2 Å². The number of carbonyl (C=O) groups excluding carboxylic acids is 2. The molecular formula is C16H22N4O4. The molecule has 0 aliphatic rings. The average molecular weight is 334 g/mol. The number of aromatic nitrogens is 2. The molecule has 0 aliphatic heterocycles. The Morgan fingerprint density at radius 3 is 2.83 bits per heavy atom. The Morgan fingerprint density at radius 1 is 1.33 bits per heavy atom. The van der Waals surface area contributed by atoms with Crippen molar-refractivity contribution in [3.8, 4) is 5.75 Å². The summed E-state index contributed by atoms with van der Waals surface area (Å²) >= 11 is 0. The lowest BCUT2D eigenvalue weighted by molar-refractivity contribution is -0.121. The minimum atomic E-state index is -0.0914. The van der Waals surface area contributed by atoms with Crippen molar-refractivity contribution in [2.45, 2.75) is 12.8 Å². The van der Waals surface area contributed by atoms with Crippen LogP contribution in [0.15, 0.2) is 12.1 Å². The van der Waals surface area contributed by atoms with Crippen LogP contribution in [0.1, 0.15) is 22.6 Å². The van der Waals surface area contributed by atoms with Crippen LogP contribution in [0, 0.1) is 0 Å². The molecular weight excluding hydrogens is 312 g/mol. The SMILES string of the molecule is Cn1c(CCC(=O)NCCNCCO)nc2ccc(O)c(C=O)c21. The van der Waals surface area contributed by atoms with Crippen molar-refractivity contribution in [1.82, 2.24) is 20.2 Å². The summed E-state index contributed by atoms with van der Waals surface area (Å²) in [5.74, 6) is 0.499. The van der Waals surface area contributed by atoms with Gasteiger partial charge in [-0.15, -0.1) is 0 Å². The first-order valence-electron chi connectivity index (χ1n) is 7.79. The van der Waals surface area contributed by atoms with E-state index in [-0.39, 0.29) is 30.2 Å². The number of fused-ring (bicyclic) bond motifs is 1. The van der Waals surface area contributed by atoms with E-state index in [0.717, 1.165) is 0 Å². The summed E-state index contributed by atoms with van der Waals surface area (Å²) in [5.41, 5.74) is 1.38. The quantitative estimate of drug-likeness (QED) is 0.370. The molecule has 0 fully saturated rings. The fourth-order valence-corrected chi connectivity index (χ4v) is 2.52. The van der Waals surface area contributed by atoms with Gasteiger partial charge in [0, 0.05) is 39.5 Å². The maximum absolute atomic E-state index is 11.8. The Labute approximate surface area is 139 Å². The van der Waals surface area contributed by atoms with Gasteiger partial charge in [-0.1, -0.05) is 0 Å². The van der Waals surface area contributed by atoms with E-state index in [9.17, 15) is 14.7 Å². The summed E-state index contributed by atoms with van der Waals surface area (Å²) in [5, 5.41) is 24.1. The van der Waals surface area contributed by atoms with Crippen LogP contribution in [0.5, 0.6) is 5.75 Å². The van der Waals surface area contributed by atoms with Crippen LogP contribution in [-0.2, 0) is 18.3 Å². The number of imidazole rings is 1. The van der Waals surface area contributed by atoms with Crippen LogP contribution in [0.3, 0.4) is 0 Å². The van der Waals surface area contributed by atoms with Crippen LogP contribution in [0.2, 0.25) is 0 Å². The molecule has 1 aromatic heterocycles. The minimum Gasteiger partial charge on any atom is -0.507 e. The molecule has 1 amide bonds. The number of rotatable bonds is 9. The number of carbonyl (C=O) groups is 2. The molecule has 24 heavy (non-hydrogen) atoms. The standard InChI is InChI=1S/C16H22N4O4/c1-20-14(4-5-15(24)18-7-6-17-8-9-21)19-12-2-3-13(23)11(10-22)16(12)20/h2-3,10,17,21,23H,4-9H2,1H3,(H,18,24). The second-order valence-corrected chi connectivity index (χ2v) is 5.39. The van der Waals surface area contributed by atoms with Gasteiger partial charge in [-0.05, 0) is 12.1 Å². The lowest BCUT2D eigenvalue weighted by Crippen LogP contribution is -2.33. The number of hydrogen-bond donors (Lipinski definition) is 4. The van der Waals surface area contributed by atoms with Crippen LogP contribution in [0.4, 0.5) is 0 Å². The third-order valence-electron chi connectivity index (χ3n) is 3.75. The van der Waals surface area contributed by atoms with E-state index in [4.69, 9.17) is 5.11 Å². The number of amides is 1. The first-order chi connectivity index (χ1) is 11.6. The molecule has 0 aliphatic carbocycles. The molecule has 0 radical (unpaired) electrons. The van der Waals surface area contributed by atoms with Gasteiger partial charge < -0.3 is 25.4 Å². The van der Waals surface area contributed by atoms with Gasteiger partial charge in [-0.2, -0.15) is 0 Å². The van der Waals surface area contributed by atoms with Crippen molar-refractivity contribution < 1.29 is 19.8 Å². The van der Waals surface area contributed by atoms with Crippen molar-refractivity contribution >= 4 is 23.2 Å². The molecule has 0 bridgehead atoms. The van der Waals surface area contributed by atoms with Gasteiger partial charge >= 0.3 is 0 Å². The highest BCUT2D eigenvalue weighted by molar-refractivity contribution is 5.97. The topological polar surface area (TPSA) is 116 Å². The van der Waals surface area contributed by atoms with Crippen LogP contribution in [0.25, 0.3) is 11.0 Å². The van der Waals surface area contributed by atoms with Gasteiger partial charge in [0.2, 0.25) is 5.91 Å². The molecule has 2 rings (SSSR count). The van der Waals surface area contributed by atoms with E-state index in [1.54, 1.807) is 17.7 Å². The maximum atomic E-state index is 11.8. The Morgan fingerprint density at radius 2 is 2.12 bits per heavy atom. The zero-order valence-corrected chi connectivity index (χ0v) is 13.6. The molecule has 1 heterocycles. The molecule has 0 saturated carbocycles. The van der Waals surface area contributed by atoms with Gasteiger partial charge in [0.05, 0.1) is 23.2 Å². The van der Waals surface area contributed by atoms with E-state index in [2.05, 4.69) is 15.6 Å². The van der Waals surface area contributed by atoms with Gasteiger partial charge in [0.1, 0.15) is 11.6 Å². The number of aldehydes is 1. The summed E-state index contributed by atoms with van der Waals surface area (Å²) in [6.07, 6.45) is 1.31. The van der Waals surface area contributed by atoms with Crippen molar-refractivity contribution in [1.29, 1.82) is 0 Å². The molecule has 8 heteroatoms. The number of hydrogen-bond acceptors (Lipinski definition) is 6. The van der Waals surface area contributed by atoms with Crippen molar-refractivity contribution in [3.63, 3.8) is 0 Å². The third kappa shape index (κ3) is 4.09. The number of aromatic hydroxyl groups is 1. The lowest BCUT2D eigenvalue weighted by Gasteiger charge is -2.06. The molecule has 1 aromatic carbocycles. The Kier molecular flexibility index (Phi) is 6.28. The number of aryl methyl sites for hydroxylation is 2. The Hall–Kier alpha value is -2.45. The number of nitrogens with one attached hydrogen (secondary N) is 2. The second-order valence-electron chi connectivity index (χ2n) is 5.39. The number of phenolic OH excluding ortho intramolecular Hbond substituents is 1. The average Bonchev–Trinajstić information content (AvgIpc) is 2.89. The van der Waals surface area contributed by atoms with Crippen molar-refractivity contribution in [3.05, 3.63) is 23.5 Å². The highest BCUT2D eigenvalue weighted by Gasteiger charge is 2.15. The number of aliphatic hydroxyl groups is 1. The first-order valence-corrected chi connectivity index (χ1v) is 7.79.